The van der Waals surface area contributed by atoms with Crippen molar-refractivity contribution in [3.63, 3.8) is 0 Å². The van der Waals surface area contributed by atoms with E-state index < -0.39 is 0 Å². The van der Waals surface area contributed by atoms with Gasteiger partial charge in [-0.25, -0.2) is 0 Å². The van der Waals surface area contributed by atoms with Crippen LogP contribution in [0.4, 0.5) is 5.69 Å². The Kier molecular flexibility index (Phi) is 3.91. The van der Waals surface area contributed by atoms with Crippen LogP contribution in [0.1, 0.15) is 5.56 Å². The van der Waals surface area contributed by atoms with Gasteiger partial charge in [0.1, 0.15) is 0 Å². The Bertz CT molecular complexity index is 471. The van der Waals surface area contributed by atoms with E-state index in [0.29, 0.717) is 0 Å². The second-order valence-corrected chi connectivity index (χ2v) is 5.36. The Balaban J connectivity index is 2.05. The van der Waals surface area contributed by atoms with Gasteiger partial charge in [0.05, 0.1) is 0 Å². The molecule has 2 aromatic rings. The minimum absolute atomic E-state index is 0.792. The molecular weight excluding hydrogens is 282 g/mol. The van der Waals surface area contributed by atoms with Crippen LogP contribution in [-0.2, 0) is 5.75 Å². The van der Waals surface area contributed by atoms with Crippen LogP contribution >= 0.6 is 27.7 Å². The molecule has 2 aromatic carbocycles. The highest BCUT2D eigenvalue weighted by Gasteiger charge is 2.01. The van der Waals surface area contributed by atoms with Gasteiger partial charge in [-0.2, -0.15) is 0 Å². The summed E-state index contributed by atoms with van der Waals surface area (Å²) in [5.41, 5.74) is 7.76. The van der Waals surface area contributed by atoms with Gasteiger partial charge in [0, 0.05) is 20.8 Å². The van der Waals surface area contributed by atoms with Gasteiger partial charge >= 0.3 is 0 Å². The van der Waals surface area contributed by atoms with Crippen molar-refractivity contribution in [3.05, 3.63) is 58.6 Å². The molecule has 0 radical (unpaired) electrons. The fourth-order valence-corrected chi connectivity index (χ4v) is 3.00. The van der Waals surface area contributed by atoms with Gasteiger partial charge in [-0.15, -0.1) is 11.8 Å². The highest BCUT2D eigenvalue weighted by atomic mass is 79.9. The number of thioether (sulfide) groups is 1. The quantitative estimate of drug-likeness (QED) is 0.674. The van der Waals surface area contributed by atoms with E-state index >= 15 is 0 Å². The first-order valence-electron chi connectivity index (χ1n) is 4.97. The zero-order chi connectivity index (χ0) is 11.4. The molecule has 0 aromatic heterocycles. The number of nitrogen functional groups attached to an aromatic ring is 1. The first-order valence-corrected chi connectivity index (χ1v) is 6.75. The number of halogens is 1. The molecule has 0 saturated heterocycles. The van der Waals surface area contributed by atoms with E-state index in [1.54, 1.807) is 0 Å². The van der Waals surface area contributed by atoms with Crippen LogP contribution in [0.15, 0.2) is 57.9 Å². The summed E-state index contributed by atoms with van der Waals surface area (Å²) < 4.78 is 1.08. The maximum absolute atomic E-state index is 5.70. The predicted molar refractivity (Wildman–Crippen MR) is 74.6 cm³/mol. The van der Waals surface area contributed by atoms with Crippen molar-refractivity contribution < 1.29 is 0 Å². The second kappa shape index (κ2) is 5.41. The summed E-state index contributed by atoms with van der Waals surface area (Å²) in [5.74, 6) is 0.949. The molecule has 0 fully saturated rings. The van der Waals surface area contributed by atoms with Crippen molar-refractivity contribution >= 4 is 33.4 Å². The van der Waals surface area contributed by atoms with E-state index in [1.807, 2.05) is 30.0 Å². The summed E-state index contributed by atoms with van der Waals surface area (Å²) in [5, 5.41) is 0. The second-order valence-electron chi connectivity index (χ2n) is 3.45. The van der Waals surface area contributed by atoms with Crippen molar-refractivity contribution in [1.82, 2.24) is 0 Å². The van der Waals surface area contributed by atoms with Crippen molar-refractivity contribution in [1.29, 1.82) is 0 Å². The third-order valence-corrected chi connectivity index (χ3v) is 4.01. The maximum atomic E-state index is 5.70. The fourth-order valence-electron chi connectivity index (χ4n) is 1.36. The van der Waals surface area contributed by atoms with E-state index in [-0.39, 0.29) is 0 Å². The molecule has 0 unspecified atom stereocenters. The van der Waals surface area contributed by atoms with Crippen molar-refractivity contribution in [2.24, 2.45) is 0 Å². The summed E-state index contributed by atoms with van der Waals surface area (Å²) in [6.07, 6.45) is 0. The third kappa shape index (κ3) is 3.03. The average Bonchev–Trinajstić information content (AvgIpc) is 2.29. The standard InChI is InChI=1S/C13H12BrNS/c14-13-8-11(15)7-6-10(13)9-16-12-4-2-1-3-5-12/h1-8H,9,15H2. The molecule has 2 rings (SSSR count). The normalized spacial score (nSPS) is 10.3. The molecule has 0 spiro atoms. The SMILES string of the molecule is Nc1ccc(CSc2ccccc2)c(Br)c1. The van der Waals surface area contributed by atoms with Crippen LogP contribution in [0.5, 0.6) is 0 Å². The van der Waals surface area contributed by atoms with Crippen LogP contribution in [0, 0.1) is 0 Å². The minimum Gasteiger partial charge on any atom is -0.399 e. The molecule has 82 valence electrons. The Labute approximate surface area is 108 Å². The number of anilines is 1. The number of hydrogen-bond acceptors (Lipinski definition) is 2. The van der Waals surface area contributed by atoms with Crippen molar-refractivity contribution in [3.8, 4) is 0 Å². The lowest BCUT2D eigenvalue weighted by Crippen LogP contribution is -1.88. The molecule has 0 aliphatic rings. The third-order valence-electron chi connectivity index (χ3n) is 2.21. The Hall–Kier alpha value is -0.930. The lowest BCUT2D eigenvalue weighted by atomic mass is 10.2. The molecule has 3 heteroatoms. The molecule has 16 heavy (non-hydrogen) atoms. The molecule has 0 saturated carbocycles. The van der Waals surface area contributed by atoms with Crippen molar-refractivity contribution in [2.75, 3.05) is 5.73 Å². The maximum Gasteiger partial charge on any atom is 0.0325 e. The molecule has 0 heterocycles. The van der Waals surface area contributed by atoms with Gasteiger partial charge in [-0.05, 0) is 29.8 Å². The van der Waals surface area contributed by atoms with Crippen LogP contribution in [-0.4, -0.2) is 0 Å². The number of hydrogen-bond donors (Lipinski definition) is 1. The molecule has 0 bridgehead atoms. The van der Waals surface area contributed by atoms with E-state index in [9.17, 15) is 0 Å². The summed E-state index contributed by atoms with van der Waals surface area (Å²) in [6.45, 7) is 0. The zero-order valence-corrected chi connectivity index (χ0v) is 11.1. The van der Waals surface area contributed by atoms with E-state index in [0.717, 1.165) is 15.9 Å². The van der Waals surface area contributed by atoms with Gasteiger partial charge in [0.15, 0.2) is 0 Å². The van der Waals surface area contributed by atoms with Gasteiger partial charge in [0.2, 0.25) is 0 Å². The van der Waals surface area contributed by atoms with Crippen LogP contribution < -0.4 is 5.73 Å². The smallest absolute Gasteiger partial charge is 0.0325 e. The van der Waals surface area contributed by atoms with Gasteiger partial charge in [-0.3, -0.25) is 0 Å². The Morgan fingerprint density at radius 2 is 1.81 bits per heavy atom. The summed E-state index contributed by atoms with van der Waals surface area (Å²) in [6, 6.07) is 16.3. The Morgan fingerprint density at radius 3 is 2.50 bits per heavy atom. The predicted octanol–water partition coefficient (Wildman–Crippen LogP) is 4.32. The fraction of sp³-hybridized carbons (Fsp3) is 0.0769. The summed E-state index contributed by atoms with van der Waals surface area (Å²) in [7, 11) is 0. The van der Waals surface area contributed by atoms with E-state index in [1.165, 1.54) is 10.5 Å². The van der Waals surface area contributed by atoms with E-state index in [2.05, 4.69) is 46.3 Å². The Morgan fingerprint density at radius 1 is 1.06 bits per heavy atom. The van der Waals surface area contributed by atoms with Gasteiger partial charge in [-0.1, -0.05) is 40.2 Å². The summed E-state index contributed by atoms with van der Waals surface area (Å²) in [4.78, 5) is 1.28. The highest BCUT2D eigenvalue weighted by molar-refractivity contribution is 9.10. The minimum atomic E-state index is 0.792. The monoisotopic (exact) mass is 293 g/mol. The van der Waals surface area contributed by atoms with Crippen LogP contribution in [0.2, 0.25) is 0 Å². The molecule has 2 N–H and O–H groups in total. The lowest BCUT2D eigenvalue weighted by Gasteiger charge is -2.05. The highest BCUT2D eigenvalue weighted by Crippen LogP contribution is 2.27. The van der Waals surface area contributed by atoms with Crippen LogP contribution in [0.3, 0.4) is 0 Å². The first-order chi connectivity index (χ1) is 7.75. The zero-order valence-electron chi connectivity index (χ0n) is 8.69. The largest absolute Gasteiger partial charge is 0.399 e. The topological polar surface area (TPSA) is 26.0 Å². The molecule has 0 aliphatic heterocycles. The molecular formula is C13H12BrNS. The van der Waals surface area contributed by atoms with Crippen LogP contribution in [0.25, 0.3) is 0 Å². The molecule has 1 nitrogen and oxygen atoms in total. The number of benzene rings is 2. The van der Waals surface area contributed by atoms with Crippen molar-refractivity contribution in [2.45, 2.75) is 10.6 Å². The molecule has 0 atom stereocenters. The average molecular weight is 294 g/mol. The first kappa shape index (κ1) is 11.6. The molecule has 0 amide bonds. The van der Waals surface area contributed by atoms with Gasteiger partial charge < -0.3 is 5.73 Å². The van der Waals surface area contributed by atoms with E-state index in [4.69, 9.17) is 5.73 Å². The molecule has 0 aliphatic carbocycles. The van der Waals surface area contributed by atoms with Gasteiger partial charge in [0.25, 0.3) is 0 Å². The number of nitrogens with two attached hydrogens (primary N) is 1. The lowest BCUT2D eigenvalue weighted by molar-refractivity contribution is 1.36. The number of rotatable bonds is 3. The summed E-state index contributed by atoms with van der Waals surface area (Å²) >= 11 is 5.35.